The molecule has 0 heterocycles. The van der Waals surface area contributed by atoms with Gasteiger partial charge in [-0.15, -0.1) is 0 Å². The number of benzene rings is 1. The molecule has 63 valence electrons. The summed E-state index contributed by atoms with van der Waals surface area (Å²) in [5, 5.41) is 18.9. The standard InChI is InChI=1S/C6H5NO3.Ag/c8-6-4-2-1-3-5(6)7(9)10;/h1-4,8H;. The van der Waals surface area contributed by atoms with E-state index in [1.54, 1.807) is 0 Å². The molecule has 0 atom stereocenters. The fraction of sp³-hybridized carbons (Fsp3) is 0. The zero-order chi connectivity index (χ0) is 7.56. The minimum Gasteiger partial charge on any atom is -0.502 e. The summed E-state index contributed by atoms with van der Waals surface area (Å²) < 4.78 is 0. The summed E-state index contributed by atoms with van der Waals surface area (Å²) in [6.45, 7) is 0. The van der Waals surface area contributed by atoms with Gasteiger partial charge in [0.25, 0.3) is 0 Å². The molecule has 0 aliphatic carbocycles. The third-order valence-corrected chi connectivity index (χ3v) is 1.08. The van der Waals surface area contributed by atoms with Crippen molar-refractivity contribution in [1.29, 1.82) is 0 Å². The van der Waals surface area contributed by atoms with Crippen LogP contribution in [0.25, 0.3) is 0 Å². The summed E-state index contributed by atoms with van der Waals surface area (Å²) in [6.07, 6.45) is 0. The van der Waals surface area contributed by atoms with Crippen LogP contribution in [0.4, 0.5) is 5.69 Å². The van der Waals surface area contributed by atoms with Gasteiger partial charge >= 0.3 is 5.69 Å². The van der Waals surface area contributed by atoms with Crippen LogP contribution in [-0.4, -0.2) is 10.0 Å². The first-order valence-corrected chi connectivity index (χ1v) is 2.64. The Morgan fingerprint density at radius 1 is 1.36 bits per heavy atom. The van der Waals surface area contributed by atoms with Crippen LogP contribution in [-0.2, 0) is 22.4 Å². The first-order valence-electron chi connectivity index (χ1n) is 2.64. The van der Waals surface area contributed by atoms with E-state index in [-0.39, 0.29) is 33.8 Å². The third kappa shape index (κ3) is 2.34. The molecule has 1 N–H and O–H groups in total. The second kappa shape index (κ2) is 4.13. The molecule has 0 amide bonds. The first-order chi connectivity index (χ1) is 4.72. The van der Waals surface area contributed by atoms with Gasteiger partial charge < -0.3 is 5.11 Å². The summed E-state index contributed by atoms with van der Waals surface area (Å²) in [6, 6.07) is 5.55. The van der Waals surface area contributed by atoms with Gasteiger partial charge in [0.05, 0.1) is 4.92 Å². The fourth-order valence-corrected chi connectivity index (χ4v) is 0.619. The molecule has 0 unspecified atom stereocenters. The summed E-state index contributed by atoms with van der Waals surface area (Å²) in [4.78, 5) is 9.44. The van der Waals surface area contributed by atoms with E-state index in [4.69, 9.17) is 5.11 Å². The first kappa shape index (κ1) is 10.2. The molecule has 5 heteroatoms. The smallest absolute Gasteiger partial charge is 0.310 e. The molecule has 0 bridgehead atoms. The van der Waals surface area contributed by atoms with E-state index in [0.29, 0.717) is 0 Å². The zero-order valence-corrected chi connectivity index (χ0v) is 6.80. The molecule has 0 spiro atoms. The second-order valence-corrected chi connectivity index (χ2v) is 1.75. The molecule has 1 aromatic rings. The van der Waals surface area contributed by atoms with Crippen molar-refractivity contribution in [2.45, 2.75) is 0 Å². The Bertz CT molecular complexity index is 264. The minimum atomic E-state index is -0.630. The van der Waals surface area contributed by atoms with Crippen molar-refractivity contribution < 1.29 is 32.4 Å². The number of hydrogen-bond donors (Lipinski definition) is 1. The van der Waals surface area contributed by atoms with Gasteiger partial charge in [0, 0.05) is 28.4 Å². The number of aromatic hydroxyl groups is 1. The number of rotatable bonds is 1. The maximum absolute atomic E-state index is 10.1. The van der Waals surface area contributed by atoms with E-state index in [0.717, 1.165) is 0 Å². The predicted octanol–water partition coefficient (Wildman–Crippen LogP) is 1.30. The summed E-state index contributed by atoms with van der Waals surface area (Å²) in [5.74, 6) is -0.299. The zero-order valence-electron chi connectivity index (χ0n) is 5.32. The van der Waals surface area contributed by atoms with Gasteiger partial charge in [0.2, 0.25) is 0 Å². The van der Waals surface area contributed by atoms with Gasteiger partial charge in [-0.3, -0.25) is 10.1 Å². The van der Waals surface area contributed by atoms with E-state index in [2.05, 4.69) is 0 Å². The molecule has 0 aliphatic rings. The van der Waals surface area contributed by atoms with Crippen LogP contribution in [0.2, 0.25) is 0 Å². The van der Waals surface area contributed by atoms with Gasteiger partial charge in [-0.1, -0.05) is 12.1 Å². The molecule has 0 aromatic heterocycles. The van der Waals surface area contributed by atoms with Gasteiger partial charge in [-0.05, 0) is 6.07 Å². The quantitative estimate of drug-likeness (QED) is 0.462. The largest absolute Gasteiger partial charge is 0.502 e. The second-order valence-electron chi connectivity index (χ2n) is 1.75. The Morgan fingerprint density at radius 3 is 2.27 bits per heavy atom. The Kier molecular flexibility index (Phi) is 3.81. The molecule has 11 heavy (non-hydrogen) atoms. The van der Waals surface area contributed by atoms with Crippen LogP contribution in [0.15, 0.2) is 24.3 Å². The van der Waals surface area contributed by atoms with E-state index >= 15 is 0 Å². The van der Waals surface area contributed by atoms with Crippen LogP contribution < -0.4 is 0 Å². The van der Waals surface area contributed by atoms with Gasteiger partial charge in [-0.2, -0.15) is 0 Å². The monoisotopic (exact) mass is 246 g/mol. The Morgan fingerprint density at radius 2 is 1.91 bits per heavy atom. The topological polar surface area (TPSA) is 63.4 Å². The normalized spacial score (nSPS) is 8.36. The molecular formula is C6H5AgNO3. The summed E-state index contributed by atoms with van der Waals surface area (Å²) >= 11 is 0. The van der Waals surface area contributed by atoms with Crippen molar-refractivity contribution >= 4 is 5.69 Å². The average Bonchev–Trinajstić information content (AvgIpc) is 1.88. The van der Waals surface area contributed by atoms with Crippen molar-refractivity contribution in [1.82, 2.24) is 0 Å². The number of nitro benzene ring substituents is 1. The molecule has 0 saturated carbocycles. The SMILES string of the molecule is O=[N+]([O-])c1ccccc1O.[Ag]. The van der Waals surface area contributed by atoms with E-state index in [9.17, 15) is 10.1 Å². The number of phenols is 1. The molecule has 1 rings (SSSR count). The van der Waals surface area contributed by atoms with Crippen LogP contribution in [0.5, 0.6) is 5.75 Å². The number of hydrogen-bond acceptors (Lipinski definition) is 3. The maximum atomic E-state index is 10.1. The van der Waals surface area contributed by atoms with Crippen LogP contribution in [0.1, 0.15) is 0 Å². The minimum absolute atomic E-state index is 0. The van der Waals surface area contributed by atoms with Gasteiger partial charge in [0.15, 0.2) is 5.75 Å². The number of phenolic OH excluding ortho intramolecular Hbond substituents is 1. The van der Waals surface area contributed by atoms with Crippen molar-refractivity contribution in [2.24, 2.45) is 0 Å². The summed E-state index contributed by atoms with van der Waals surface area (Å²) in [5.41, 5.74) is -0.262. The van der Waals surface area contributed by atoms with Crippen molar-refractivity contribution in [3.63, 3.8) is 0 Å². The molecule has 1 aromatic carbocycles. The molecule has 0 aliphatic heterocycles. The number of para-hydroxylation sites is 2. The molecule has 0 saturated heterocycles. The van der Waals surface area contributed by atoms with Crippen molar-refractivity contribution in [3.05, 3.63) is 34.4 Å². The fourth-order valence-electron chi connectivity index (χ4n) is 0.619. The average molecular weight is 247 g/mol. The van der Waals surface area contributed by atoms with E-state index < -0.39 is 4.92 Å². The van der Waals surface area contributed by atoms with Crippen molar-refractivity contribution in [3.8, 4) is 5.75 Å². The molecule has 0 fully saturated rings. The molecular weight excluding hydrogens is 242 g/mol. The summed E-state index contributed by atoms with van der Waals surface area (Å²) in [7, 11) is 0. The third-order valence-electron chi connectivity index (χ3n) is 1.08. The molecule has 4 nitrogen and oxygen atoms in total. The van der Waals surface area contributed by atoms with E-state index in [1.807, 2.05) is 0 Å². The van der Waals surface area contributed by atoms with E-state index in [1.165, 1.54) is 24.3 Å². The van der Waals surface area contributed by atoms with Crippen molar-refractivity contribution in [2.75, 3.05) is 0 Å². The number of nitrogens with zero attached hydrogens (tertiary/aromatic N) is 1. The number of nitro groups is 1. The maximum Gasteiger partial charge on any atom is 0.310 e. The van der Waals surface area contributed by atoms with Gasteiger partial charge in [0.1, 0.15) is 0 Å². The molecule has 1 radical (unpaired) electrons. The predicted molar refractivity (Wildman–Crippen MR) is 34.8 cm³/mol. The Hall–Kier alpha value is -0.840. The Labute approximate surface area is 78.5 Å². The van der Waals surface area contributed by atoms with Crippen LogP contribution in [0, 0.1) is 10.1 Å². The van der Waals surface area contributed by atoms with Crippen LogP contribution in [0.3, 0.4) is 0 Å². The Balaban J connectivity index is 0.000001000. The van der Waals surface area contributed by atoms with Crippen LogP contribution >= 0.6 is 0 Å². The van der Waals surface area contributed by atoms with Gasteiger partial charge in [-0.25, -0.2) is 0 Å².